The molecule has 1 aromatic rings. The van der Waals surface area contributed by atoms with Gasteiger partial charge < -0.3 is 9.47 Å². The van der Waals surface area contributed by atoms with Crippen LogP contribution in [0.2, 0.25) is 0 Å². The van der Waals surface area contributed by atoms with Crippen molar-refractivity contribution in [3.63, 3.8) is 0 Å². The Morgan fingerprint density at radius 1 is 1.15 bits per heavy atom. The molecule has 2 N–H and O–H groups in total. The second-order valence-electron chi connectivity index (χ2n) is 2.88. The van der Waals surface area contributed by atoms with E-state index in [-0.39, 0.29) is 0 Å². The van der Waals surface area contributed by atoms with Gasteiger partial charge in [0.15, 0.2) is 0 Å². The van der Waals surface area contributed by atoms with Crippen molar-refractivity contribution in [2.75, 3.05) is 14.2 Å². The molecule has 0 radical (unpaired) electrons. The molecule has 3 heteroatoms. The summed E-state index contributed by atoms with van der Waals surface area (Å²) in [5.74, 6) is -1.01. The minimum absolute atomic E-state index is 0.542. The minimum atomic E-state index is -1.01. The topological polar surface area (TPSA) is 44.5 Å². The standard InChI is InChI=1S/C10H15NO2/c1-12-10(11,13-2)8-9-6-4-3-5-7-9/h3-7H,8,11H2,1-2H3. The zero-order valence-corrected chi connectivity index (χ0v) is 7.99. The third kappa shape index (κ3) is 2.81. The molecule has 0 aliphatic carbocycles. The van der Waals surface area contributed by atoms with Crippen molar-refractivity contribution in [1.82, 2.24) is 0 Å². The highest BCUT2D eigenvalue weighted by molar-refractivity contribution is 5.15. The van der Waals surface area contributed by atoms with Gasteiger partial charge in [0.2, 0.25) is 5.91 Å². The molecule has 0 spiro atoms. The summed E-state index contributed by atoms with van der Waals surface area (Å²) in [5.41, 5.74) is 6.88. The van der Waals surface area contributed by atoms with Crippen LogP contribution in [-0.4, -0.2) is 20.1 Å². The summed E-state index contributed by atoms with van der Waals surface area (Å²) < 4.78 is 10.1. The zero-order chi connectivity index (χ0) is 9.73. The van der Waals surface area contributed by atoms with E-state index < -0.39 is 5.91 Å². The van der Waals surface area contributed by atoms with Crippen molar-refractivity contribution in [3.8, 4) is 0 Å². The van der Waals surface area contributed by atoms with Crippen molar-refractivity contribution in [3.05, 3.63) is 35.9 Å². The van der Waals surface area contributed by atoms with Crippen LogP contribution >= 0.6 is 0 Å². The van der Waals surface area contributed by atoms with Gasteiger partial charge >= 0.3 is 0 Å². The molecule has 0 heterocycles. The van der Waals surface area contributed by atoms with Gasteiger partial charge in [-0.2, -0.15) is 0 Å². The van der Waals surface area contributed by atoms with E-state index in [0.717, 1.165) is 5.56 Å². The minimum Gasteiger partial charge on any atom is -0.341 e. The van der Waals surface area contributed by atoms with E-state index in [4.69, 9.17) is 15.2 Å². The molecule has 0 aliphatic rings. The number of ether oxygens (including phenoxy) is 2. The second kappa shape index (κ2) is 4.37. The molecule has 1 rings (SSSR count). The number of methoxy groups -OCH3 is 2. The third-order valence-electron chi connectivity index (χ3n) is 1.98. The lowest BCUT2D eigenvalue weighted by molar-refractivity contribution is -0.201. The average molecular weight is 181 g/mol. The van der Waals surface area contributed by atoms with Gasteiger partial charge in [-0.3, -0.25) is 5.73 Å². The van der Waals surface area contributed by atoms with E-state index in [0.29, 0.717) is 6.42 Å². The fourth-order valence-electron chi connectivity index (χ4n) is 1.11. The van der Waals surface area contributed by atoms with Crippen LogP contribution in [-0.2, 0) is 15.9 Å². The number of hydrogen-bond donors (Lipinski definition) is 1. The molecule has 13 heavy (non-hydrogen) atoms. The van der Waals surface area contributed by atoms with Crippen LogP contribution in [0.15, 0.2) is 30.3 Å². The Morgan fingerprint density at radius 3 is 2.15 bits per heavy atom. The smallest absolute Gasteiger partial charge is 0.228 e. The quantitative estimate of drug-likeness (QED) is 0.708. The van der Waals surface area contributed by atoms with Crippen LogP contribution in [0.25, 0.3) is 0 Å². The van der Waals surface area contributed by atoms with Crippen molar-refractivity contribution in [1.29, 1.82) is 0 Å². The molecule has 1 aromatic carbocycles. The Kier molecular flexibility index (Phi) is 3.42. The van der Waals surface area contributed by atoms with Crippen LogP contribution in [0.5, 0.6) is 0 Å². The van der Waals surface area contributed by atoms with Crippen LogP contribution < -0.4 is 5.73 Å². The molecule has 0 amide bonds. The van der Waals surface area contributed by atoms with Crippen LogP contribution in [0.3, 0.4) is 0 Å². The molecular weight excluding hydrogens is 166 g/mol. The SMILES string of the molecule is COC(N)(Cc1ccccc1)OC. The Hall–Kier alpha value is -0.900. The van der Waals surface area contributed by atoms with Crippen LogP contribution in [0.4, 0.5) is 0 Å². The lowest BCUT2D eigenvalue weighted by Gasteiger charge is -2.25. The predicted molar refractivity (Wildman–Crippen MR) is 51.1 cm³/mol. The van der Waals surface area contributed by atoms with Crippen molar-refractivity contribution < 1.29 is 9.47 Å². The monoisotopic (exact) mass is 181 g/mol. The molecule has 0 unspecified atom stereocenters. The normalized spacial score (nSPS) is 11.6. The summed E-state index contributed by atoms with van der Waals surface area (Å²) in [6, 6.07) is 9.85. The van der Waals surface area contributed by atoms with E-state index in [2.05, 4.69) is 0 Å². The van der Waals surface area contributed by atoms with E-state index in [1.165, 1.54) is 14.2 Å². The number of hydrogen-bond acceptors (Lipinski definition) is 3. The van der Waals surface area contributed by atoms with E-state index in [1.807, 2.05) is 30.3 Å². The van der Waals surface area contributed by atoms with Gasteiger partial charge in [-0.25, -0.2) is 0 Å². The summed E-state index contributed by atoms with van der Waals surface area (Å²) >= 11 is 0. The molecule has 0 atom stereocenters. The zero-order valence-electron chi connectivity index (χ0n) is 7.99. The summed E-state index contributed by atoms with van der Waals surface area (Å²) in [6.07, 6.45) is 0.542. The first kappa shape index (κ1) is 10.2. The lowest BCUT2D eigenvalue weighted by Crippen LogP contribution is -2.45. The molecule has 72 valence electrons. The first-order valence-corrected chi connectivity index (χ1v) is 4.13. The molecule has 0 saturated carbocycles. The summed E-state index contributed by atoms with van der Waals surface area (Å²) in [5, 5.41) is 0. The summed E-state index contributed by atoms with van der Waals surface area (Å²) in [6.45, 7) is 0. The van der Waals surface area contributed by atoms with Crippen molar-refractivity contribution >= 4 is 0 Å². The fourth-order valence-corrected chi connectivity index (χ4v) is 1.11. The summed E-state index contributed by atoms with van der Waals surface area (Å²) in [4.78, 5) is 0. The molecular formula is C10H15NO2. The Bertz CT molecular complexity index is 244. The van der Waals surface area contributed by atoms with Gasteiger partial charge in [0, 0.05) is 20.6 Å². The van der Waals surface area contributed by atoms with Gasteiger partial charge in [0.05, 0.1) is 0 Å². The van der Waals surface area contributed by atoms with Crippen molar-refractivity contribution in [2.24, 2.45) is 5.73 Å². The average Bonchev–Trinajstić information content (AvgIpc) is 2.19. The van der Waals surface area contributed by atoms with Crippen LogP contribution in [0, 0.1) is 0 Å². The highest BCUT2D eigenvalue weighted by atomic mass is 16.7. The highest BCUT2D eigenvalue weighted by Crippen LogP contribution is 2.11. The maximum atomic E-state index is 5.78. The lowest BCUT2D eigenvalue weighted by atomic mass is 10.1. The number of rotatable bonds is 4. The number of benzene rings is 1. The predicted octanol–water partition coefficient (Wildman–Crippen LogP) is 1.13. The molecule has 0 bridgehead atoms. The third-order valence-corrected chi connectivity index (χ3v) is 1.98. The summed E-state index contributed by atoms with van der Waals surface area (Å²) in [7, 11) is 3.07. The van der Waals surface area contributed by atoms with E-state index in [1.54, 1.807) is 0 Å². The largest absolute Gasteiger partial charge is 0.341 e. The van der Waals surface area contributed by atoms with Gasteiger partial charge in [-0.1, -0.05) is 30.3 Å². The molecule has 0 aliphatic heterocycles. The Labute approximate surface area is 78.5 Å². The maximum Gasteiger partial charge on any atom is 0.228 e. The molecule has 3 nitrogen and oxygen atoms in total. The first-order chi connectivity index (χ1) is 6.20. The molecule has 0 saturated heterocycles. The van der Waals surface area contributed by atoms with E-state index >= 15 is 0 Å². The maximum absolute atomic E-state index is 5.78. The van der Waals surface area contributed by atoms with Gasteiger partial charge in [-0.05, 0) is 5.56 Å². The molecule has 0 fully saturated rings. The Morgan fingerprint density at radius 2 is 1.69 bits per heavy atom. The molecule has 0 aromatic heterocycles. The van der Waals surface area contributed by atoms with Crippen LogP contribution in [0.1, 0.15) is 5.56 Å². The highest BCUT2D eigenvalue weighted by Gasteiger charge is 2.23. The van der Waals surface area contributed by atoms with Crippen molar-refractivity contribution in [2.45, 2.75) is 12.3 Å². The van der Waals surface area contributed by atoms with Gasteiger partial charge in [0.1, 0.15) is 0 Å². The fraction of sp³-hybridized carbons (Fsp3) is 0.400. The first-order valence-electron chi connectivity index (χ1n) is 4.13. The second-order valence-corrected chi connectivity index (χ2v) is 2.88. The number of nitrogens with two attached hydrogens (primary N) is 1. The van der Waals surface area contributed by atoms with Gasteiger partial charge in [-0.15, -0.1) is 0 Å². The van der Waals surface area contributed by atoms with Gasteiger partial charge in [0.25, 0.3) is 0 Å². The Balaban J connectivity index is 2.68. The van der Waals surface area contributed by atoms with E-state index in [9.17, 15) is 0 Å².